The molecule has 4 heteroatoms. The molecular weight excluding hydrogens is 254 g/mol. The van der Waals surface area contributed by atoms with Crippen LogP contribution in [0.2, 0.25) is 0 Å². The normalized spacial score (nSPS) is 12.0. The summed E-state index contributed by atoms with van der Waals surface area (Å²) in [4.78, 5) is 22.9. The van der Waals surface area contributed by atoms with Gasteiger partial charge in [0.2, 0.25) is 5.91 Å². The number of carbonyl (C=O) groups excluding carboxylic acids is 2. The molecule has 1 aromatic rings. The zero-order chi connectivity index (χ0) is 15.0. The van der Waals surface area contributed by atoms with E-state index in [9.17, 15) is 9.59 Å². The highest BCUT2D eigenvalue weighted by Crippen LogP contribution is 2.08. The van der Waals surface area contributed by atoms with Crippen LogP contribution in [-0.2, 0) is 20.7 Å². The highest BCUT2D eigenvalue weighted by atomic mass is 16.6. The van der Waals surface area contributed by atoms with Gasteiger partial charge in [-0.1, -0.05) is 44.2 Å². The molecule has 1 atom stereocenters. The molecule has 1 rings (SSSR count). The van der Waals surface area contributed by atoms with Crippen molar-refractivity contribution in [3.05, 3.63) is 35.9 Å². The van der Waals surface area contributed by atoms with Gasteiger partial charge in [-0.3, -0.25) is 9.59 Å². The Morgan fingerprint density at radius 2 is 1.85 bits per heavy atom. The van der Waals surface area contributed by atoms with Gasteiger partial charge in [-0.15, -0.1) is 0 Å². The fraction of sp³-hybridized carbons (Fsp3) is 0.500. The summed E-state index contributed by atoms with van der Waals surface area (Å²) in [5.74, 6) is -0.131. The second-order valence-corrected chi connectivity index (χ2v) is 5.28. The molecule has 1 aromatic carbocycles. The van der Waals surface area contributed by atoms with Gasteiger partial charge in [-0.25, -0.2) is 0 Å². The molecule has 0 radical (unpaired) electrons. The average Bonchev–Trinajstić information content (AvgIpc) is 2.36. The summed E-state index contributed by atoms with van der Waals surface area (Å²) in [6.07, 6.45) is 1.16. The molecule has 1 amide bonds. The van der Waals surface area contributed by atoms with Crippen molar-refractivity contribution >= 4 is 11.9 Å². The van der Waals surface area contributed by atoms with Gasteiger partial charge in [0.15, 0.2) is 6.23 Å². The van der Waals surface area contributed by atoms with E-state index in [4.69, 9.17) is 4.74 Å². The number of hydrogen-bond donors (Lipinski definition) is 1. The lowest BCUT2D eigenvalue weighted by Crippen LogP contribution is -2.39. The van der Waals surface area contributed by atoms with Crippen molar-refractivity contribution in [1.82, 2.24) is 5.32 Å². The first-order chi connectivity index (χ1) is 9.47. The molecule has 110 valence electrons. The summed E-state index contributed by atoms with van der Waals surface area (Å²) in [5, 5.41) is 2.77. The highest BCUT2D eigenvalue weighted by Gasteiger charge is 2.16. The van der Waals surface area contributed by atoms with Gasteiger partial charge < -0.3 is 10.1 Å². The van der Waals surface area contributed by atoms with Gasteiger partial charge in [0.25, 0.3) is 0 Å². The maximum atomic E-state index is 11.9. The Balaban J connectivity index is 2.42. The van der Waals surface area contributed by atoms with Gasteiger partial charge >= 0.3 is 5.97 Å². The number of aryl methyl sites for hydroxylation is 1. The SMILES string of the molecule is CC(=O)OC(CC(C)C)NC(=O)CCc1ccccc1. The number of ether oxygens (including phenoxy) is 1. The number of hydrogen-bond acceptors (Lipinski definition) is 3. The van der Waals surface area contributed by atoms with Gasteiger partial charge in [-0.2, -0.15) is 0 Å². The van der Waals surface area contributed by atoms with Crippen molar-refractivity contribution in [2.45, 2.75) is 46.3 Å². The fourth-order valence-electron chi connectivity index (χ4n) is 1.92. The third-order valence-electron chi connectivity index (χ3n) is 2.80. The third kappa shape index (κ3) is 6.92. The Labute approximate surface area is 120 Å². The van der Waals surface area contributed by atoms with E-state index in [0.29, 0.717) is 25.2 Å². The molecule has 0 saturated heterocycles. The Bertz CT molecular complexity index is 429. The number of rotatable bonds is 7. The highest BCUT2D eigenvalue weighted by molar-refractivity contribution is 5.76. The Morgan fingerprint density at radius 1 is 1.20 bits per heavy atom. The summed E-state index contributed by atoms with van der Waals surface area (Å²) in [6.45, 7) is 5.39. The van der Waals surface area contributed by atoms with Crippen LogP contribution >= 0.6 is 0 Å². The van der Waals surface area contributed by atoms with Crippen molar-refractivity contribution in [2.75, 3.05) is 0 Å². The van der Waals surface area contributed by atoms with E-state index in [1.54, 1.807) is 0 Å². The quantitative estimate of drug-likeness (QED) is 0.616. The van der Waals surface area contributed by atoms with E-state index in [2.05, 4.69) is 5.32 Å². The van der Waals surface area contributed by atoms with E-state index in [0.717, 1.165) is 5.56 Å². The monoisotopic (exact) mass is 277 g/mol. The first-order valence-electron chi connectivity index (χ1n) is 6.98. The Hall–Kier alpha value is -1.84. The van der Waals surface area contributed by atoms with E-state index in [-0.39, 0.29) is 11.9 Å². The zero-order valence-corrected chi connectivity index (χ0v) is 12.4. The molecule has 1 unspecified atom stereocenters. The summed E-state index contributed by atoms with van der Waals surface area (Å²) in [6, 6.07) is 9.83. The van der Waals surface area contributed by atoms with Crippen LogP contribution < -0.4 is 5.32 Å². The van der Waals surface area contributed by atoms with E-state index >= 15 is 0 Å². The van der Waals surface area contributed by atoms with E-state index in [1.165, 1.54) is 6.92 Å². The van der Waals surface area contributed by atoms with E-state index in [1.807, 2.05) is 44.2 Å². The second-order valence-electron chi connectivity index (χ2n) is 5.28. The molecule has 0 spiro atoms. The van der Waals surface area contributed by atoms with Crippen LogP contribution in [0.4, 0.5) is 0 Å². The number of amides is 1. The minimum atomic E-state index is -0.532. The molecule has 0 aromatic heterocycles. The molecule has 0 aliphatic heterocycles. The van der Waals surface area contributed by atoms with Gasteiger partial charge in [-0.05, 0) is 17.9 Å². The molecule has 0 bridgehead atoms. The van der Waals surface area contributed by atoms with Crippen LogP contribution in [0.1, 0.15) is 39.2 Å². The van der Waals surface area contributed by atoms with Crippen molar-refractivity contribution in [1.29, 1.82) is 0 Å². The molecule has 0 saturated carbocycles. The first-order valence-corrected chi connectivity index (χ1v) is 6.98. The minimum Gasteiger partial charge on any atom is -0.442 e. The lowest BCUT2D eigenvalue weighted by atomic mass is 10.1. The smallest absolute Gasteiger partial charge is 0.304 e. The number of esters is 1. The third-order valence-corrected chi connectivity index (χ3v) is 2.80. The largest absolute Gasteiger partial charge is 0.442 e. The molecule has 0 aliphatic rings. The summed E-state index contributed by atoms with van der Waals surface area (Å²) >= 11 is 0. The summed E-state index contributed by atoms with van der Waals surface area (Å²) < 4.78 is 5.11. The predicted molar refractivity (Wildman–Crippen MR) is 77.9 cm³/mol. The van der Waals surface area contributed by atoms with Crippen LogP contribution in [-0.4, -0.2) is 18.1 Å². The summed E-state index contributed by atoms with van der Waals surface area (Å²) in [7, 11) is 0. The van der Waals surface area contributed by atoms with Crippen LogP contribution in [0.25, 0.3) is 0 Å². The zero-order valence-electron chi connectivity index (χ0n) is 12.4. The standard InChI is InChI=1S/C16H23NO3/c1-12(2)11-16(20-13(3)18)17-15(19)10-9-14-7-5-4-6-8-14/h4-8,12,16H,9-11H2,1-3H3,(H,17,19). The van der Waals surface area contributed by atoms with Gasteiger partial charge in [0.05, 0.1) is 0 Å². The molecule has 20 heavy (non-hydrogen) atoms. The molecule has 0 aliphatic carbocycles. The second kappa shape index (κ2) is 8.35. The van der Waals surface area contributed by atoms with Crippen molar-refractivity contribution < 1.29 is 14.3 Å². The van der Waals surface area contributed by atoms with Crippen molar-refractivity contribution in [3.8, 4) is 0 Å². The van der Waals surface area contributed by atoms with Gasteiger partial charge in [0, 0.05) is 19.8 Å². The van der Waals surface area contributed by atoms with Gasteiger partial charge in [0.1, 0.15) is 0 Å². The molecule has 0 fully saturated rings. The topological polar surface area (TPSA) is 55.4 Å². The number of nitrogens with one attached hydrogen (secondary N) is 1. The van der Waals surface area contributed by atoms with Crippen LogP contribution in [0.5, 0.6) is 0 Å². The Kier molecular flexibility index (Phi) is 6.77. The van der Waals surface area contributed by atoms with Crippen LogP contribution in [0.3, 0.4) is 0 Å². The summed E-state index contributed by atoms with van der Waals surface area (Å²) in [5.41, 5.74) is 1.12. The average molecular weight is 277 g/mol. The maximum Gasteiger partial charge on any atom is 0.304 e. The molecule has 0 heterocycles. The van der Waals surface area contributed by atoms with Crippen molar-refractivity contribution in [3.63, 3.8) is 0 Å². The van der Waals surface area contributed by atoms with Crippen molar-refractivity contribution in [2.24, 2.45) is 5.92 Å². The molecular formula is C16H23NO3. The lowest BCUT2D eigenvalue weighted by molar-refractivity contribution is -0.150. The van der Waals surface area contributed by atoms with Crippen LogP contribution in [0.15, 0.2) is 30.3 Å². The number of carbonyl (C=O) groups is 2. The van der Waals surface area contributed by atoms with E-state index < -0.39 is 6.23 Å². The fourth-order valence-corrected chi connectivity index (χ4v) is 1.92. The Morgan fingerprint density at radius 3 is 2.40 bits per heavy atom. The minimum absolute atomic E-state index is 0.0965. The molecule has 1 N–H and O–H groups in total. The van der Waals surface area contributed by atoms with Crippen LogP contribution in [0, 0.1) is 5.92 Å². The molecule has 4 nitrogen and oxygen atoms in total. The predicted octanol–water partition coefficient (Wildman–Crippen LogP) is 2.67. The first kappa shape index (κ1) is 16.2. The lowest BCUT2D eigenvalue weighted by Gasteiger charge is -2.20. The maximum absolute atomic E-state index is 11.9. The number of benzene rings is 1.